The minimum Gasteiger partial charge on any atom is -0.244 e. The summed E-state index contributed by atoms with van der Waals surface area (Å²) in [5.41, 5.74) is -0.746. The average Bonchev–Trinajstić information content (AvgIpc) is 2.13. The van der Waals surface area contributed by atoms with Gasteiger partial charge in [0.15, 0.2) is 0 Å². The van der Waals surface area contributed by atoms with Gasteiger partial charge in [0, 0.05) is 0 Å². The van der Waals surface area contributed by atoms with Crippen molar-refractivity contribution in [3.8, 4) is 0 Å². The number of hydrogen-bond acceptors (Lipinski definition) is 3. The lowest BCUT2D eigenvalue weighted by Gasteiger charge is -1.84. The van der Waals surface area contributed by atoms with Crippen LogP contribution in [0.3, 0.4) is 0 Å². The van der Waals surface area contributed by atoms with E-state index in [0.717, 1.165) is 0 Å². The van der Waals surface area contributed by atoms with Crippen molar-refractivity contribution in [2.24, 2.45) is 0 Å². The molecule has 0 aliphatic carbocycles. The number of alkyl halides is 1. The zero-order chi connectivity index (χ0) is 6.36. The Kier molecular flexibility index (Phi) is 1.26. The Morgan fingerprint density at radius 2 is 2.12 bits per heavy atom. The number of rotatable bonds is 1. The normalized spacial score (nSPS) is 36.5. The van der Waals surface area contributed by atoms with E-state index < -0.39 is 20.9 Å². The average molecular weight is 157 g/mol. The molecule has 1 fully saturated rings. The lowest BCUT2D eigenvalue weighted by Crippen LogP contribution is -2.01. The second-order valence-electron chi connectivity index (χ2n) is 1.63. The fraction of sp³-hybridized carbons (Fsp3) is 1.00. The van der Waals surface area contributed by atoms with Crippen LogP contribution in [0, 0.1) is 0 Å². The van der Waals surface area contributed by atoms with Gasteiger partial charge in [0.1, 0.15) is 0 Å². The molecule has 0 radical (unpaired) electrons. The maximum atomic E-state index is 10.2. The monoisotopic (exact) mass is 156 g/mol. The molecule has 0 aromatic rings. The Bertz CT molecular complexity index is 183. The molecule has 1 aliphatic heterocycles. The topological polar surface area (TPSA) is 46.7 Å². The first-order valence-electron chi connectivity index (χ1n) is 2.10. The van der Waals surface area contributed by atoms with Gasteiger partial charge in [-0.2, -0.15) is 8.42 Å². The Balaban J connectivity index is 2.62. The van der Waals surface area contributed by atoms with E-state index in [1.807, 2.05) is 0 Å². The van der Waals surface area contributed by atoms with E-state index in [1.54, 1.807) is 6.92 Å². The zero-order valence-electron chi connectivity index (χ0n) is 4.17. The molecule has 8 heavy (non-hydrogen) atoms. The second kappa shape index (κ2) is 1.59. The summed E-state index contributed by atoms with van der Waals surface area (Å²) in [5.74, 6) is 0. The molecule has 3 nitrogen and oxygen atoms in total. The third kappa shape index (κ3) is 0.962. The van der Waals surface area contributed by atoms with Crippen LogP contribution in [-0.4, -0.2) is 19.2 Å². The molecule has 1 rings (SSSR count). The molecule has 2 unspecified atom stereocenters. The first-order valence-corrected chi connectivity index (χ1v) is 4.01. The Morgan fingerprint density at radius 1 is 1.75 bits per heavy atom. The third-order valence-corrected chi connectivity index (χ3v) is 2.59. The van der Waals surface area contributed by atoms with E-state index in [0.29, 0.717) is 0 Å². The molecule has 48 valence electrons. The van der Waals surface area contributed by atoms with Crippen LogP contribution < -0.4 is 0 Å². The van der Waals surface area contributed by atoms with E-state index in [-0.39, 0.29) is 0 Å². The first-order chi connectivity index (χ1) is 3.54. The molecule has 0 N–H and O–H groups in total. The molecule has 0 spiro atoms. The predicted molar refractivity (Wildman–Crippen MR) is 29.1 cm³/mol. The molecule has 5 heteroatoms. The largest absolute Gasteiger partial charge is 0.299 e. The summed E-state index contributed by atoms with van der Waals surface area (Å²) in [6.07, 6.45) is 0. The highest BCUT2D eigenvalue weighted by molar-refractivity contribution is 7.92. The summed E-state index contributed by atoms with van der Waals surface area (Å²) in [4.78, 5) is 0. The SMILES string of the molecule is CC(Cl)C1OS1(=O)=O. The molecule has 0 bridgehead atoms. The van der Waals surface area contributed by atoms with Crippen molar-refractivity contribution in [3.63, 3.8) is 0 Å². The van der Waals surface area contributed by atoms with Crippen LogP contribution in [0.4, 0.5) is 0 Å². The molecule has 2 atom stereocenters. The lowest BCUT2D eigenvalue weighted by atomic mass is 10.5. The minimum absolute atomic E-state index is 0.431. The molecule has 0 amide bonds. The molecular weight excluding hydrogens is 152 g/mol. The Morgan fingerprint density at radius 3 is 2.12 bits per heavy atom. The van der Waals surface area contributed by atoms with Crippen molar-refractivity contribution in [2.45, 2.75) is 17.7 Å². The van der Waals surface area contributed by atoms with E-state index >= 15 is 0 Å². The van der Waals surface area contributed by atoms with Gasteiger partial charge in [-0.1, -0.05) is 0 Å². The van der Waals surface area contributed by atoms with Crippen LogP contribution in [0.2, 0.25) is 0 Å². The quantitative estimate of drug-likeness (QED) is 0.405. The van der Waals surface area contributed by atoms with Crippen LogP contribution >= 0.6 is 11.6 Å². The van der Waals surface area contributed by atoms with Crippen LogP contribution in [-0.2, 0) is 14.3 Å². The van der Waals surface area contributed by atoms with Gasteiger partial charge in [-0.25, -0.2) is 4.18 Å². The van der Waals surface area contributed by atoms with Crippen molar-refractivity contribution >= 4 is 21.7 Å². The summed E-state index contributed by atoms with van der Waals surface area (Å²) < 4.78 is 24.6. The molecule has 1 heterocycles. The highest BCUT2D eigenvalue weighted by atomic mass is 35.5. The van der Waals surface area contributed by atoms with Crippen molar-refractivity contribution in [1.29, 1.82) is 0 Å². The summed E-state index contributed by atoms with van der Waals surface area (Å²) in [5, 5.41) is -0.431. The van der Waals surface area contributed by atoms with Crippen molar-refractivity contribution in [3.05, 3.63) is 0 Å². The van der Waals surface area contributed by atoms with E-state index in [1.165, 1.54) is 0 Å². The molecule has 1 saturated heterocycles. The smallest absolute Gasteiger partial charge is 0.244 e. The standard InChI is InChI=1S/C3H5ClO3S/c1-2(4)3-7-8(3,5)6/h2-3H,1H3. The Labute approximate surface area is 52.7 Å². The highest BCUT2D eigenvalue weighted by Gasteiger charge is 2.49. The summed E-state index contributed by atoms with van der Waals surface area (Å²) in [6.45, 7) is 1.58. The maximum absolute atomic E-state index is 10.2. The van der Waals surface area contributed by atoms with Gasteiger partial charge >= 0.3 is 0 Å². The molecule has 0 aromatic carbocycles. The third-order valence-electron chi connectivity index (χ3n) is 0.851. The second-order valence-corrected chi connectivity index (χ2v) is 3.97. The Hall–Kier alpha value is 0.200. The van der Waals surface area contributed by atoms with Crippen molar-refractivity contribution in [1.82, 2.24) is 0 Å². The molecule has 0 saturated carbocycles. The number of halogens is 1. The van der Waals surface area contributed by atoms with Gasteiger partial charge < -0.3 is 0 Å². The molecular formula is C3H5ClO3S. The fourth-order valence-corrected chi connectivity index (χ4v) is 1.94. The first kappa shape index (κ1) is 6.32. The van der Waals surface area contributed by atoms with Crippen LogP contribution in [0.25, 0.3) is 0 Å². The van der Waals surface area contributed by atoms with Gasteiger partial charge in [0.25, 0.3) is 10.1 Å². The zero-order valence-corrected chi connectivity index (χ0v) is 5.74. The molecule has 0 aromatic heterocycles. The van der Waals surface area contributed by atoms with E-state index in [4.69, 9.17) is 11.6 Å². The fourth-order valence-electron chi connectivity index (χ4n) is 0.416. The van der Waals surface area contributed by atoms with Gasteiger partial charge in [-0.15, -0.1) is 11.6 Å². The van der Waals surface area contributed by atoms with Gasteiger partial charge in [0.2, 0.25) is 5.44 Å². The summed E-state index contributed by atoms with van der Waals surface area (Å²) in [6, 6.07) is 0. The van der Waals surface area contributed by atoms with Crippen LogP contribution in [0.15, 0.2) is 0 Å². The van der Waals surface area contributed by atoms with Gasteiger partial charge in [-0.3, -0.25) is 0 Å². The van der Waals surface area contributed by atoms with E-state index in [9.17, 15) is 8.42 Å². The summed E-state index contributed by atoms with van der Waals surface area (Å²) >= 11 is 5.36. The highest BCUT2D eigenvalue weighted by Crippen LogP contribution is 2.29. The van der Waals surface area contributed by atoms with Crippen molar-refractivity contribution in [2.75, 3.05) is 0 Å². The minimum atomic E-state index is -3.19. The van der Waals surface area contributed by atoms with E-state index in [2.05, 4.69) is 4.18 Å². The van der Waals surface area contributed by atoms with Gasteiger partial charge in [-0.05, 0) is 6.92 Å². The molecule has 1 aliphatic rings. The van der Waals surface area contributed by atoms with Crippen LogP contribution in [0.5, 0.6) is 0 Å². The van der Waals surface area contributed by atoms with Crippen LogP contribution in [0.1, 0.15) is 6.92 Å². The predicted octanol–water partition coefficient (Wildman–Crippen LogP) is 0.300. The summed E-state index contributed by atoms with van der Waals surface area (Å²) in [7, 11) is -3.19. The number of hydrogen-bond donors (Lipinski definition) is 0. The lowest BCUT2D eigenvalue weighted by molar-refractivity contribution is 0.440. The maximum Gasteiger partial charge on any atom is 0.299 e. The van der Waals surface area contributed by atoms with Gasteiger partial charge in [0.05, 0.1) is 5.38 Å². The van der Waals surface area contributed by atoms with Crippen molar-refractivity contribution < 1.29 is 12.6 Å².